The molecule has 8 nitrogen and oxygen atoms in total. The van der Waals surface area contributed by atoms with Crippen molar-refractivity contribution in [2.75, 3.05) is 52.9 Å². The van der Waals surface area contributed by atoms with E-state index in [4.69, 9.17) is 4.74 Å². The van der Waals surface area contributed by atoms with Crippen LogP contribution in [0.3, 0.4) is 0 Å². The first-order valence-corrected chi connectivity index (χ1v) is 13.8. The van der Waals surface area contributed by atoms with E-state index < -0.39 is 5.54 Å². The van der Waals surface area contributed by atoms with Crippen molar-refractivity contribution in [1.29, 1.82) is 0 Å². The number of ether oxygens (including phenoxy) is 1. The van der Waals surface area contributed by atoms with E-state index in [-0.39, 0.29) is 18.0 Å². The van der Waals surface area contributed by atoms with Crippen molar-refractivity contribution in [2.45, 2.75) is 38.3 Å². The second-order valence-electron chi connectivity index (χ2n) is 11.1. The fourth-order valence-electron chi connectivity index (χ4n) is 6.45. The van der Waals surface area contributed by atoms with Crippen molar-refractivity contribution in [3.05, 3.63) is 65.4 Å². The molecule has 200 valence electrons. The minimum absolute atomic E-state index is 0.0874. The Morgan fingerprint density at radius 3 is 2.53 bits per heavy atom. The van der Waals surface area contributed by atoms with E-state index in [1.807, 2.05) is 49.1 Å². The number of hydrogen-bond donors (Lipinski definition) is 1. The van der Waals surface area contributed by atoms with Gasteiger partial charge < -0.3 is 19.5 Å². The predicted octanol–water partition coefficient (Wildman–Crippen LogP) is 3.68. The van der Waals surface area contributed by atoms with E-state index in [1.165, 1.54) is 4.90 Å². The van der Waals surface area contributed by atoms with Crippen molar-refractivity contribution in [2.24, 2.45) is 0 Å². The minimum atomic E-state index is -0.928. The molecule has 0 radical (unpaired) electrons. The quantitative estimate of drug-likeness (QED) is 0.486. The molecule has 0 saturated carbocycles. The van der Waals surface area contributed by atoms with Crippen molar-refractivity contribution >= 4 is 22.8 Å². The lowest BCUT2D eigenvalue weighted by Crippen LogP contribution is -2.53. The molecular formula is C30H37N5O3. The molecule has 2 fully saturated rings. The zero-order valence-electron chi connectivity index (χ0n) is 22.6. The number of carbonyl (C=O) groups excluding carboxylic acids is 2. The standard InChI is InChI=1S/C30H37N5O3/c1-4-38-22-10-11-25-23(19-22)24-20-30(2)28(36)34(17-16-33-14-12-32(3)13-15-33)29(37)35(30)26(27(24)31-25)18-21-8-6-5-7-9-21/h5-11,19,26,31H,4,12-18,20H2,1-3H3/t26?,30-/m0/s1. The maximum absolute atomic E-state index is 14.0. The number of urea groups is 1. The first-order valence-electron chi connectivity index (χ1n) is 13.8. The summed E-state index contributed by atoms with van der Waals surface area (Å²) in [6.07, 6.45) is 1.12. The third kappa shape index (κ3) is 4.16. The van der Waals surface area contributed by atoms with Gasteiger partial charge in [-0.3, -0.25) is 14.6 Å². The fourth-order valence-corrected chi connectivity index (χ4v) is 6.45. The molecule has 3 aliphatic rings. The van der Waals surface area contributed by atoms with Gasteiger partial charge in [-0.2, -0.15) is 0 Å². The Morgan fingerprint density at radius 2 is 1.79 bits per heavy atom. The number of carbonyl (C=O) groups is 2. The average Bonchev–Trinajstić information content (AvgIpc) is 3.36. The second-order valence-corrected chi connectivity index (χ2v) is 11.1. The molecule has 0 aliphatic carbocycles. The number of imide groups is 1. The molecule has 1 aromatic heterocycles. The van der Waals surface area contributed by atoms with E-state index in [0.29, 0.717) is 32.5 Å². The third-order valence-corrected chi connectivity index (χ3v) is 8.57. The van der Waals surface area contributed by atoms with Gasteiger partial charge in [-0.15, -0.1) is 0 Å². The number of likely N-dealkylation sites (N-methyl/N-ethyl adjacent to an activating group) is 1. The molecule has 3 amide bonds. The molecule has 8 heteroatoms. The lowest BCUT2D eigenvalue weighted by atomic mass is 9.81. The van der Waals surface area contributed by atoms with Gasteiger partial charge in [0.25, 0.3) is 5.91 Å². The molecule has 6 rings (SSSR count). The molecule has 3 aromatic rings. The molecule has 1 unspecified atom stereocenters. The highest BCUT2D eigenvalue weighted by Gasteiger charge is 2.59. The zero-order chi connectivity index (χ0) is 26.4. The number of nitrogens with one attached hydrogen (secondary N) is 1. The molecule has 3 aliphatic heterocycles. The molecule has 0 bridgehead atoms. The van der Waals surface area contributed by atoms with Gasteiger partial charge in [0.05, 0.1) is 12.6 Å². The number of aromatic nitrogens is 1. The lowest BCUT2D eigenvalue weighted by Gasteiger charge is -2.42. The van der Waals surface area contributed by atoms with Crippen LogP contribution in [0.1, 0.15) is 36.7 Å². The number of nitrogens with zero attached hydrogens (tertiary/aromatic N) is 4. The highest BCUT2D eigenvalue weighted by Crippen LogP contribution is 2.47. The number of piperazine rings is 1. The summed E-state index contributed by atoms with van der Waals surface area (Å²) in [5.41, 5.74) is 3.36. The number of fused-ring (bicyclic) bond motifs is 4. The number of rotatable bonds is 7. The normalized spacial score (nSPS) is 24.2. The second kappa shape index (κ2) is 9.75. The van der Waals surface area contributed by atoms with Gasteiger partial charge in [0.15, 0.2) is 0 Å². The minimum Gasteiger partial charge on any atom is -0.494 e. The van der Waals surface area contributed by atoms with Crippen LogP contribution in [0.15, 0.2) is 48.5 Å². The van der Waals surface area contributed by atoms with Crippen molar-refractivity contribution in [1.82, 2.24) is 24.6 Å². The van der Waals surface area contributed by atoms with Crippen LogP contribution >= 0.6 is 0 Å². The van der Waals surface area contributed by atoms with Gasteiger partial charge in [-0.25, -0.2) is 4.79 Å². The largest absolute Gasteiger partial charge is 0.494 e. The topological polar surface area (TPSA) is 72.1 Å². The zero-order valence-corrected chi connectivity index (χ0v) is 22.6. The van der Waals surface area contributed by atoms with Crippen LogP contribution in [0.5, 0.6) is 5.75 Å². The first kappa shape index (κ1) is 24.9. The molecule has 38 heavy (non-hydrogen) atoms. The Labute approximate surface area is 224 Å². The summed E-state index contributed by atoms with van der Waals surface area (Å²) in [6, 6.07) is 15.9. The first-order chi connectivity index (χ1) is 18.4. The highest BCUT2D eigenvalue weighted by atomic mass is 16.5. The monoisotopic (exact) mass is 515 g/mol. The summed E-state index contributed by atoms with van der Waals surface area (Å²) < 4.78 is 5.80. The van der Waals surface area contributed by atoms with Crippen LogP contribution in [-0.4, -0.2) is 95.0 Å². The molecule has 2 atom stereocenters. The van der Waals surface area contributed by atoms with Gasteiger partial charge in [0.1, 0.15) is 11.3 Å². The summed E-state index contributed by atoms with van der Waals surface area (Å²) in [7, 11) is 2.13. The summed E-state index contributed by atoms with van der Waals surface area (Å²) >= 11 is 0. The maximum atomic E-state index is 14.0. The molecule has 0 spiro atoms. The summed E-state index contributed by atoms with van der Waals surface area (Å²) in [5.74, 6) is 0.729. The van der Waals surface area contributed by atoms with E-state index in [0.717, 1.165) is 59.7 Å². The Kier molecular flexibility index (Phi) is 6.40. The summed E-state index contributed by atoms with van der Waals surface area (Å²) in [5, 5.41) is 1.07. The van der Waals surface area contributed by atoms with Gasteiger partial charge >= 0.3 is 6.03 Å². The Bertz CT molecular complexity index is 1350. The van der Waals surface area contributed by atoms with Crippen molar-refractivity contribution in [3.63, 3.8) is 0 Å². The summed E-state index contributed by atoms with van der Waals surface area (Å²) in [6.45, 7) is 9.61. The van der Waals surface area contributed by atoms with Gasteiger partial charge in [-0.1, -0.05) is 30.3 Å². The van der Waals surface area contributed by atoms with Crippen LogP contribution in [-0.2, 0) is 17.6 Å². The number of hydrogen-bond acceptors (Lipinski definition) is 5. The highest BCUT2D eigenvalue weighted by molar-refractivity contribution is 6.08. The van der Waals surface area contributed by atoms with Crippen LogP contribution in [0, 0.1) is 0 Å². The van der Waals surface area contributed by atoms with Crippen molar-refractivity contribution in [3.8, 4) is 5.75 Å². The van der Waals surface area contributed by atoms with Crippen LogP contribution < -0.4 is 4.74 Å². The van der Waals surface area contributed by atoms with E-state index in [1.54, 1.807) is 0 Å². The van der Waals surface area contributed by atoms with Gasteiger partial charge in [-0.05, 0) is 56.6 Å². The Hall–Kier alpha value is -3.36. The number of aromatic amines is 1. The average molecular weight is 516 g/mol. The van der Waals surface area contributed by atoms with Crippen LogP contribution in [0.25, 0.3) is 10.9 Å². The molecular weight excluding hydrogens is 478 g/mol. The molecule has 1 N–H and O–H groups in total. The maximum Gasteiger partial charge on any atom is 0.328 e. The SMILES string of the molecule is CCOc1ccc2[nH]c3c(c2c1)C[C@@]1(C)C(=O)N(CCN2CCN(C)CC2)C(=O)N1C3Cc1ccccc1. The number of H-pyrrole nitrogens is 1. The number of amides is 3. The lowest BCUT2D eigenvalue weighted by molar-refractivity contribution is -0.133. The third-order valence-electron chi connectivity index (χ3n) is 8.57. The van der Waals surface area contributed by atoms with Crippen LogP contribution in [0.4, 0.5) is 4.79 Å². The predicted molar refractivity (Wildman–Crippen MR) is 147 cm³/mol. The molecule has 2 aromatic carbocycles. The smallest absolute Gasteiger partial charge is 0.328 e. The molecule has 4 heterocycles. The van der Waals surface area contributed by atoms with Gasteiger partial charge in [0, 0.05) is 62.3 Å². The number of benzene rings is 2. The van der Waals surface area contributed by atoms with Crippen LogP contribution in [0.2, 0.25) is 0 Å². The van der Waals surface area contributed by atoms with E-state index in [9.17, 15) is 9.59 Å². The van der Waals surface area contributed by atoms with Crippen molar-refractivity contribution < 1.29 is 14.3 Å². The van der Waals surface area contributed by atoms with E-state index >= 15 is 0 Å². The fraction of sp³-hybridized carbons (Fsp3) is 0.467. The Balaban J connectivity index is 1.37. The van der Waals surface area contributed by atoms with Gasteiger partial charge in [0.2, 0.25) is 0 Å². The summed E-state index contributed by atoms with van der Waals surface area (Å²) in [4.78, 5) is 39.7. The van der Waals surface area contributed by atoms with E-state index in [2.05, 4.69) is 40.0 Å². The Morgan fingerprint density at radius 1 is 1.03 bits per heavy atom. The molecule has 2 saturated heterocycles.